The van der Waals surface area contributed by atoms with Gasteiger partial charge in [0.1, 0.15) is 17.7 Å². The number of esters is 1. The molecule has 11 nitrogen and oxygen atoms in total. The maximum atomic E-state index is 13.4. The smallest absolute Gasteiger partial charge is 0.407 e. The lowest BCUT2D eigenvalue weighted by Gasteiger charge is -2.32. The van der Waals surface area contributed by atoms with E-state index in [-0.39, 0.29) is 24.3 Å². The fourth-order valence-electron chi connectivity index (χ4n) is 4.16. The van der Waals surface area contributed by atoms with Crippen molar-refractivity contribution >= 4 is 24.0 Å². The van der Waals surface area contributed by atoms with Crippen LogP contribution in [0.1, 0.15) is 116 Å². The lowest BCUT2D eigenvalue weighted by molar-refractivity contribution is -0.145. The predicted molar refractivity (Wildman–Crippen MR) is 203 cm³/mol. The first kappa shape index (κ1) is 52.5. The number of aliphatic hydroxyl groups is 1. The Kier molecular flexibility index (Phi) is 32.9. The van der Waals surface area contributed by atoms with Crippen molar-refractivity contribution in [3.63, 3.8) is 0 Å². The number of alkyl carbamates (subject to hydrolysis) is 1. The quantitative estimate of drug-likeness (QED) is 0.0914. The number of carbonyl (C=O) groups excluding carboxylic acids is 4. The highest BCUT2D eigenvalue weighted by Gasteiger charge is 2.31. The maximum Gasteiger partial charge on any atom is 0.407 e. The van der Waals surface area contributed by atoms with E-state index in [1.54, 1.807) is 32.9 Å². The Balaban J connectivity index is -0.000000891. The van der Waals surface area contributed by atoms with Gasteiger partial charge in [0.25, 0.3) is 0 Å². The summed E-state index contributed by atoms with van der Waals surface area (Å²) in [6.45, 7) is 33.9. The molecule has 11 heteroatoms. The summed E-state index contributed by atoms with van der Waals surface area (Å²) in [4.78, 5) is 52.6. The lowest BCUT2D eigenvalue weighted by Crippen LogP contribution is -2.57. The van der Waals surface area contributed by atoms with Crippen LogP contribution in [0.4, 0.5) is 9.59 Å². The van der Waals surface area contributed by atoms with Gasteiger partial charge in [-0.3, -0.25) is 4.79 Å². The van der Waals surface area contributed by atoms with Crippen molar-refractivity contribution in [1.29, 1.82) is 0 Å². The van der Waals surface area contributed by atoms with Crippen LogP contribution in [0.5, 0.6) is 0 Å². The number of rotatable bonds is 17. The molecule has 4 N–H and O–H groups in total. The number of hydrogen-bond acceptors (Lipinski definition) is 7. The van der Waals surface area contributed by atoms with Crippen molar-refractivity contribution in [3.05, 3.63) is 37.5 Å². The minimum Gasteiger partial charge on any atom is -0.467 e. The Morgan fingerprint density at radius 1 is 0.776 bits per heavy atom. The molecule has 4 atom stereocenters. The van der Waals surface area contributed by atoms with Crippen molar-refractivity contribution < 1.29 is 33.8 Å². The van der Waals surface area contributed by atoms with Crippen molar-refractivity contribution in [2.24, 2.45) is 17.8 Å². The first-order chi connectivity index (χ1) is 22.8. The zero-order valence-corrected chi connectivity index (χ0v) is 33.6. The Labute approximate surface area is 299 Å². The van der Waals surface area contributed by atoms with E-state index in [2.05, 4.69) is 29.1 Å². The topological polar surface area (TPSA) is 146 Å². The van der Waals surface area contributed by atoms with Gasteiger partial charge in [0, 0.05) is 6.54 Å². The van der Waals surface area contributed by atoms with Crippen LogP contribution < -0.4 is 16.0 Å². The van der Waals surface area contributed by atoms with Gasteiger partial charge in [-0.2, -0.15) is 0 Å². The van der Waals surface area contributed by atoms with Crippen molar-refractivity contribution in [2.45, 2.75) is 146 Å². The number of aliphatic hydroxyl groups excluding tert-OH is 1. The minimum absolute atomic E-state index is 0.0630. The minimum atomic E-state index is -1.07. The summed E-state index contributed by atoms with van der Waals surface area (Å²) in [6.07, 6.45) is 6.52. The molecule has 0 aliphatic carbocycles. The molecule has 0 aromatic heterocycles. The van der Waals surface area contributed by atoms with Crippen LogP contribution in [-0.2, 0) is 19.1 Å². The zero-order valence-electron chi connectivity index (χ0n) is 33.6. The number of allylic oxidation sites excluding steroid dienone is 4. The first-order valence-corrected chi connectivity index (χ1v) is 17.8. The molecule has 0 fully saturated rings. The number of hydrogen-bond donors (Lipinski definition) is 4. The highest BCUT2D eigenvalue weighted by Crippen LogP contribution is 2.13. The van der Waals surface area contributed by atoms with Gasteiger partial charge in [0.15, 0.2) is 0 Å². The molecule has 0 rings (SSSR count). The predicted octanol–water partition coefficient (Wildman–Crippen LogP) is 7.40. The van der Waals surface area contributed by atoms with E-state index in [4.69, 9.17) is 9.47 Å². The van der Waals surface area contributed by atoms with Gasteiger partial charge in [-0.15, -0.1) is 0 Å². The molecule has 0 unspecified atom stereocenters. The highest BCUT2D eigenvalue weighted by atomic mass is 16.6. The second-order valence-corrected chi connectivity index (χ2v) is 13.2. The Morgan fingerprint density at radius 2 is 1.24 bits per heavy atom. The molecule has 0 aromatic carbocycles. The molecular formula is C38H74N4O7. The second kappa shape index (κ2) is 30.7. The van der Waals surface area contributed by atoms with Crippen LogP contribution in [-0.4, -0.2) is 84.0 Å². The Hall–Kier alpha value is -3.34. The Morgan fingerprint density at radius 3 is 1.61 bits per heavy atom. The third kappa shape index (κ3) is 29.3. The standard InChI is InChI=1S/C28H54N4O7.C6H8.2C2H6/c1-12-20(31-27(37)39-28(8,9)10)23(33)16-32(15-19(6)7)26(36)30-21(13-17(2)3)24(34)29-22(14-18(4)5)25(35)38-11;1-3-5-6-4-2;2*1-2/h17-23,33H,12-16H2,1-11H3,(H,29,34)(H,30,36)(H,31,37);3-6H,1-2H2;2*1-2H3/b;6-5-;;/t20-,21-,22-,23+;;;/m0.../s1. The third-order valence-electron chi connectivity index (χ3n) is 6.10. The van der Waals surface area contributed by atoms with Crippen molar-refractivity contribution in [1.82, 2.24) is 20.9 Å². The number of amides is 4. The fraction of sp³-hybridized carbons (Fsp3) is 0.737. The molecule has 0 heterocycles. The molecule has 0 aromatic rings. The molecule has 0 bridgehead atoms. The van der Waals surface area contributed by atoms with Crippen LogP contribution >= 0.6 is 0 Å². The van der Waals surface area contributed by atoms with E-state index in [1.807, 2.05) is 88.3 Å². The SMILES string of the molecule is C=C/C=C\C=C.CC.CC.CC[C@H](NC(=O)OC(C)(C)C)[C@H](O)CN(CC(C)C)C(=O)N[C@@H](CC(C)C)C(=O)N[C@@H](CC(C)C)C(=O)OC. The number of carbonyl (C=O) groups is 4. The third-order valence-corrected chi connectivity index (χ3v) is 6.10. The van der Waals surface area contributed by atoms with Gasteiger partial charge >= 0.3 is 18.1 Å². The average molecular weight is 699 g/mol. The molecule has 0 saturated carbocycles. The van der Waals surface area contributed by atoms with E-state index in [0.29, 0.717) is 25.8 Å². The summed E-state index contributed by atoms with van der Waals surface area (Å²) in [5.41, 5.74) is -0.690. The van der Waals surface area contributed by atoms with Crippen LogP contribution in [0.2, 0.25) is 0 Å². The van der Waals surface area contributed by atoms with Crippen molar-refractivity contribution in [2.75, 3.05) is 20.2 Å². The summed E-state index contributed by atoms with van der Waals surface area (Å²) in [5.74, 6) is -0.727. The van der Waals surface area contributed by atoms with E-state index in [9.17, 15) is 24.3 Å². The largest absolute Gasteiger partial charge is 0.467 e. The van der Waals surface area contributed by atoms with Crippen LogP contribution in [0, 0.1) is 17.8 Å². The summed E-state index contributed by atoms with van der Waals surface area (Å²) >= 11 is 0. The van der Waals surface area contributed by atoms with Crippen LogP contribution in [0.3, 0.4) is 0 Å². The number of nitrogens with zero attached hydrogens (tertiary/aromatic N) is 1. The second-order valence-electron chi connectivity index (χ2n) is 13.2. The van der Waals surface area contributed by atoms with Gasteiger partial charge in [-0.25, -0.2) is 14.4 Å². The van der Waals surface area contributed by atoms with E-state index in [0.717, 1.165) is 0 Å². The molecule has 0 radical (unpaired) electrons. The summed E-state index contributed by atoms with van der Waals surface area (Å²) in [6, 6.07) is -2.89. The van der Waals surface area contributed by atoms with Crippen molar-refractivity contribution in [3.8, 4) is 0 Å². The number of methoxy groups -OCH3 is 1. The molecule has 4 amide bonds. The fourth-order valence-corrected chi connectivity index (χ4v) is 4.16. The molecule has 288 valence electrons. The van der Waals surface area contributed by atoms with Gasteiger partial charge in [0.2, 0.25) is 5.91 Å². The molecule has 0 saturated heterocycles. The highest BCUT2D eigenvalue weighted by molar-refractivity contribution is 5.90. The Bertz CT molecular complexity index is 933. The monoisotopic (exact) mass is 699 g/mol. The van der Waals surface area contributed by atoms with Gasteiger partial charge in [0.05, 0.1) is 25.8 Å². The lowest BCUT2D eigenvalue weighted by atomic mass is 10.0. The first-order valence-electron chi connectivity index (χ1n) is 17.8. The number of urea groups is 1. The number of nitrogens with one attached hydrogen (secondary N) is 3. The van der Waals surface area contributed by atoms with E-state index >= 15 is 0 Å². The molecule has 0 spiro atoms. The van der Waals surface area contributed by atoms with Gasteiger partial charge in [-0.05, 0) is 57.8 Å². The molecule has 49 heavy (non-hydrogen) atoms. The molecule has 0 aliphatic heterocycles. The average Bonchev–Trinajstić information content (AvgIpc) is 3.01. The zero-order chi connectivity index (χ0) is 39.3. The normalized spacial score (nSPS) is 13.1. The summed E-state index contributed by atoms with van der Waals surface area (Å²) in [5, 5.41) is 19.2. The van der Waals surface area contributed by atoms with Crippen LogP contribution in [0.15, 0.2) is 37.5 Å². The van der Waals surface area contributed by atoms with E-state index in [1.165, 1.54) is 12.0 Å². The van der Waals surface area contributed by atoms with Crippen LogP contribution in [0.25, 0.3) is 0 Å². The van der Waals surface area contributed by atoms with E-state index < -0.39 is 53.8 Å². The molecular weight excluding hydrogens is 624 g/mol. The summed E-state index contributed by atoms with van der Waals surface area (Å²) < 4.78 is 10.2. The van der Waals surface area contributed by atoms with Gasteiger partial charge < -0.3 is 35.4 Å². The summed E-state index contributed by atoms with van der Waals surface area (Å²) in [7, 11) is 1.27. The maximum absolute atomic E-state index is 13.4. The number of ether oxygens (including phenoxy) is 2. The molecule has 0 aliphatic rings. The van der Waals surface area contributed by atoms with Gasteiger partial charge in [-0.1, -0.05) is 114 Å².